The number of amides is 1. The van der Waals surface area contributed by atoms with Gasteiger partial charge in [-0.3, -0.25) is 4.79 Å². The average Bonchev–Trinajstić information content (AvgIpc) is 2.51. The van der Waals surface area contributed by atoms with Gasteiger partial charge in [0.2, 0.25) is 5.91 Å². The predicted octanol–water partition coefficient (Wildman–Crippen LogP) is 1.59. The minimum absolute atomic E-state index is 0.144. The van der Waals surface area contributed by atoms with Crippen molar-refractivity contribution >= 4 is 15.7 Å². The number of likely N-dealkylation sites (tertiary alicyclic amines) is 1. The normalized spacial score (nSPS) is 21.5. The Balaban J connectivity index is 1.74. The van der Waals surface area contributed by atoms with Crippen molar-refractivity contribution < 1.29 is 17.9 Å². The van der Waals surface area contributed by atoms with E-state index in [9.17, 15) is 13.2 Å². The fraction of sp³-hybridized carbons (Fsp3) is 0.588. The second-order valence-corrected chi connectivity index (χ2v) is 8.43. The van der Waals surface area contributed by atoms with Crippen molar-refractivity contribution in [1.29, 1.82) is 0 Å². The summed E-state index contributed by atoms with van der Waals surface area (Å²) in [6.45, 7) is 3.19. The largest absolute Gasteiger partial charge is 0.494 e. The molecule has 0 radical (unpaired) electrons. The lowest BCUT2D eigenvalue weighted by atomic mass is 9.98. The van der Waals surface area contributed by atoms with Crippen LogP contribution >= 0.6 is 0 Å². The molecular formula is C17H26N2O4S. The minimum atomic E-state index is -3.19. The van der Waals surface area contributed by atoms with Crippen LogP contribution in [0, 0.1) is 0 Å². The molecule has 1 aliphatic rings. The van der Waals surface area contributed by atoms with Gasteiger partial charge < -0.3 is 15.4 Å². The molecule has 6 nitrogen and oxygen atoms in total. The van der Waals surface area contributed by atoms with Gasteiger partial charge in [-0.2, -0.15) is 0 Å². The van der Waals surface area contributed by atoms with Crippen LogP contribution in [0.5, 0.6) is 5.75 Å². The van der Waals surface area contributed by atoms with E-state index in [1.807, 2.05) is 11.8 Å². The molecule has 134 valence electrons. The van der Waals surface area contributed by atoms with Gasteiger partial charge in [0.05, 0.1) is 11.5 Å². The lowest BCUT2D eigenvalue weighted by Gasteiger charge is -2.36. The zero-order chi connectivity index (χ0) is 17.7. The molecule has 2 rings (SSSR count). The Hall–Kier alpha value is -1.60. The lowest BCUT2D eigenvalue weighted by molar-refractivity contribution is -0.134. The molecule has 1 saturated heterocycles. The molecule has 2 atom stereocenters. The summed E-state index contributed by atoms with van der Waals surface area (Å²) in [6.07, 6.45) is 3.96. The Morgan fingerprint density at radius 1 is 1.33 bits per heavy atom. The van der Waals surface area contributed by atoms with Crippen molar-refractivity contribution in [2.45, 2.75) is 49.6 Å². The second-order valence-electron chi connectivity index (χ2n) is 6.42. The molecule has 1 amide bonds. The van der Waals surface area contributed by atoms with Gasteiger partial charge in [-0.15, -0.1) is 0 Å². The van der Waals surface area contributed by atoms with Crippen LogP contribution in [0.25, 0.3) is 0 Å². The summed E-state index contributed by atoms with van der Waals surface area (Å²) in [7, 11) is -3.19. The van der Waals surface area contributed by atoms with Crippen molar-refractivity contribution in [3.63, 3.8) is 0 Å². The summed E-state index contributed by atoms with van der Waals surface area (Å²) in [5.74, 6) is 0.748. The molecule has 1 heterocycles. The highest BCUT2D eigenvalue weighted by molar-refractivity contribution is 7.90. The number of carbonyl (C=O) groups excluding carboxylic acids is 1. The number of hydrogen-bond acceptors (Lipinski definition) is 5. The summed E-state index contributed by atoms with van der Waals surface area (Å²) in [5.41, 5.74) is 5.92. The maximum atomic E-state index is 12.2. The minimum Gasteiger partial charge on any atom is -0.494 e. The number of carbonyl (C=O) groups is 1. The summed E-state index contributed by atoms with van der Waals surface area (Å²) >= 11 is 0. The van der Waals surface area contributed by atoms with E-state index in [0.29, 0.717) is 25.2 Å². The third kappa shape index (κ3) is 5.21. The zero-order valence-corrected chi connectivity index (χ0v) is 15.1. The van der Waals surface area contributed by atoms with Crippen molar-refractivity contribution in [1.82, 2.24) is 4.90 Å². The van der Waals surface area contributed by atoms with Crippen LogP contribution < -0.4 is 10.5 Å². The first-order valence-electron chi connectivity index (χ1n) is 8.25. The van der Waals surface area contributed by atoms with E-state index in [2.05, 4.69) is 0 Å². The Bertz CT molecular complexity index is 658. The van der Waals surface area contributed by atoms with Crippen LogP contribution in [0.2, 0.25) is 0 Å². The molecule has 0 aliphatic carbocycles. The summed E-state index contributed by atoms with van der Waals surface area (Å²) in [6, 6.07) is 6.70. The number of hydrogen-bond donors (Lipinski definition) is 1. The molecule has 1 aliphatic heterocycles. The molecule has 0 spiro atoms. The molecule has 24 heavy (non-hydrogen) atoms. The number of benzene rings is 1. The highest BCUT2D eigenvalue weighted by Crippen LogP contribution is 2.18. The number of ether oxygens (including phenoxy) is 1. The van der Waals surface area contributed by atoms with E-state index in [4.69, 9.17) is 10.5 Å². The number of piperidine rings is 1. The van der Waals surface area contributed by atoms with Crippen LogP contribution in [0.15, 0.2) is 29.2 Å². The molecule has 1 aromatic rings. The molecular weight excluding hydrogens is 328 g/mol. The number of rotatable bonds is 6. The summed E-state index contributed by atoms with van der Waals surface area (Å²) in [5, 5.41) is 0. The highest BCUT2D eigenvalue weighted by atomic mass is 32.2. The Kier molecular flexibility index (Phi) is 6.23. The van der Waals surface area contributed by atoms with Crippen molar-refractivity contribution in [2.75, 3.05) is 19.4 Å². The van der Waals surface area contributed by atoms with Crippen molar-refractivity contribution in [3.8, 4) is 5.75 Å². The van der Waals surface area contributed by atoms with Crippen LogP contribution in [-0.4, -0.2) is 50.7 Å². The first kappa shape index (κ1) is 18.7. The van der Waals surface area contributed by atoms with E-state index >= 15 is 0 Å². The van der Waals surface area contributed by atoms with Gasteiger partial charge in [0, 0.05) is 31.3 Å². The monoisotopic (exact) mass is 354 g/mol. The van der Waals surface area contributed by atoms with Gasteiger partial charge in [0.1, 0.15) is 5.75 Å². The molecule has 2 N–H and O–H groups in total. The van der Waals surface area contributed by atoms with Gasteiger partial charge in [-0.25, -0.2) is 8.42 Å². The topological polar surface area (TPSA) is 89.7 Å². The SMILES string of the molecule is C[C@H]1C[C@@H](N)CCN1C(=O)CCCOc1ccc(S(C)(=O)=O)cc1. The predicted molar refractivity (Wildman–Crippen MR) is 92.7 cm³/mol. The molecule has 0 aromatic heterocycles. The maximum Gasteiger partial charge on any atom is 0.222 e. The molecule has 0 saturated carbocycles. The zero-order valence-electron chi connectivity index (χ0n) is 14.3. The van der Waals surface area contributed by atoms with E-state index in [1.54, 1.807) is 12.1 Å². The summed E-state index contributed by atoms with van der Waals surface area (Å²) in [4.78, 5) is 14.4. The number of nitrogens with zero attached hydrogens (tertiary/aromatic N) is 1. The first-order valence-corrected chi connectivity index (χ1v) is 10.1. The highest BCUT2D eigenvalue weighted by Gasteiger charge is 2.26. The van der Waals surface area contributed by atoms with Gasteiger partial charge in [0.15, 0.2) is 9.84 Å². The van der Waals surface area contributed by atoms with Crippen LogP contribution in [0.3, 0.4) is 0 Å². The number of nitrogens with two attached hydrogens (primary N) is 1. The summed E-state index contributed by atoms with van der Waals surface area (Å²) < 4.78 is 28.3. The van der Waals surface area contributed by atoms with Gasteiger partial charge in [-0.1, -0.05) is 0 Å². The van der Waals surface area contributed by atoms with E-state index in [-0.39, 0.29) is 22.9 Å². The van der Waals surface area contributed by atoms with Crippen LogP contribution in [0.4, 0.5) is 0 Å². The molecule has 1 aromatic carbocycles. The van der Waals surface area contributed by atoms with Crippen LogP contribution in [-0.2, 0) is 14.6 Å². The molecule has 7 heteroatoms. The third-order valence-corrected chi connectivity index (χ3v) is 5.42. The molecule has 0 unspecified atom stereocenters. The Labute approximate surface area is 143 Å². The fourth-order valence-corrected chi connectivity index (χ4v) is 3.55. The van der Waals surface area contributed by atoms with Crippen molar-refractivity contribution in [3.05, 3.63) is 24.3 Å². The smallest absolute Gasteiger partial charge is 0.222 e. The van der Waals surface area contributed by atoms with Crippen LogP contribution in [0.1, 0.15) is 32.6 Å². The maximum absolute atomic E-state index is 12.2. The fourth-order valence-electron chi connectivity index (χ4n) is 2.92. The quantitative estimate of drug-likeness (QED) is 0.784. The first-order chi connectivity index (χ1) is 11.3. The average molecular weight is 354 g/mol. The molecule has 0 bridgehead atoms. The third-order valence-electron chi connectivity index (χ3n) is 4.29. The van der Waals surface area contributed by atoms with Gasteiger partial charge in [0.25, 0.3) is 0 Å². The molecule has 1 fully saturated rings. The van der Waals surface area contributed by atoms with E-state index in [0.717, 1.165) is 19.4 Å². The van der Waals surface area contributed by atoms with Gasteiger partial charge in [-0.05, 0) is 50.5 Å². The standard InChI is InChI=1S/C17H26N2O4S/c1-13-12-14(18)9-10-19(13)17(20)4-3-11-23-15-5-7-16(8-6-15)24(2,21)22/h5-8,13-14H,3-4,9-12,18H2,1-2H3/t13-,14-/m0/s1. The number of sulfone groups is 1. The lowest BCUT2D eigenvalue weighted by Crippen LogP contribution is -2.48. The van der Waals surface area contributed by atoms with Crippen molar-refractivity contribution in [2.24, 2.45) is 5.73 Å². The Morgan fingerprint density at radius 2 is 2.00 bits per heavy atom. The Morgan fingerprint density at radius 3 is 2.58 bits per heavy atom. The van der Waals surface area contributed by atoms with E-state index < -0.39 is 9.84 Å². The second kappa shape index (κ2) is 7.98. The van der Waals surface area contributed by atoms with Gasteiger partial charge >= 0.3 is 0 Å². The van der Waals surface area contributed by atoms with E-state index in [1.165, 1.54) is 18.4 Å².